The van der Waals surface area contributed by atoms with Gasteiger partial charge in [0.2, 0.25) is 0 Å². The molecule has 6 fully saturated rings. The van der Waals surface area contributed by atoms with Gasteiger partial charge in [0.15, 0.2) is 5.60 Å². The summed E-state index contributed by atoms with van der Waals surface area (Å²) in [5.74, 6) is 2.60. The lowest BCUT2D eigenvalue weighted by atomic mass is 9.84. The van der Waals surface area contributed by atoms with E-state index in [1.165, 1.54) is 11.1 Å². The highest BCUT2D eigenvalue weighted by molar-refractivity contribution is 5.74. The van der Waals surface area contributed by atoms with Crippen LogP contribution in [0.1, 0.15) is 155 Å². The Morgan fingerprint density at radius 1 is 0.415 bits per heavy atom. The molecule has 4 amide bonds. The number of imidazole rings is 3. The number of rotatable bonds is 15. The molecule has 20 nitrogen and oxygen atoms in total. The van der Waals surface area contributed by atoms with Crippen molar-refractivity contribution in [3.05, 3.63) is 235 Å². The Hall–Kier alpha value is -10.1. The SMILES string of the molecule is CC(C)(C)OC(=O)N1CCC2(C1)CN([C@@H](c1nc(-c3ccccc3)cn1Cc1ccccc1)C(C)(C)C)C(=O)O2.CC(C)(C)[C@H](c1nc(-c2ccccc2)cn1Cc1ccccc1)N1C[C@@]2(CCNC2)OC1=O.CC(C)(C)[C@H](c1nc(-c2ccccc2)cn1Cc1ccccc1)N1C[C@]2(CCNC2)OC1=O. The number of amides is 4. The van der Waals surface area contributed by atoms with Gasteiger partial charge in [-0.1, -0.05) is 244 Å². The lowest BCUT2D eigenvalue weighted by molar-refractivity contribution is 0.0200. The molecule has 1 unspecified atom stereocenters. The summed E-state index contributed by atoms with van der Waals surface area (Å²) in [5, 5.41) is 6.72. The summed E-state index contributed by atoms with van der Waals surface area (Å²) in [6, 6.07) is 60.8. The van der Waals surface area contributed by atoms with Crippen molar-refractivity contribution in [3.8, 4) is 33.8 Å². The van der Waals surface area contributed by atoms with Crippen LogP contribution in [0.25, 0.3) is 33.8 Å². The summed E-state index contributed by atoms with van der Waals surface area (Å²) >= 11 is 0. The fourth-order valence-corrected chi connectivity index (χ4v) is 15.9. The van der Waals surface area contributed by atoms with Gasteiger partial charge in [-0.05, 0) is 66.8 Å². The van der Waals surface area contributed by atoms with Crippen molar-refractivity contribution in [1.82, 2.24) is 58.9 Å². The molecule has 3 aromatic heterocycles. The molecule has 2 N–H and O–H groups in total. The van der Waals surface area contributed by atoms with Crippen molar-refractivity contribution < 1.29 is 38.1 Å². The Morgan fingerprint density at radius 2 is 0.708 bits per heavy atom. The highest BCUT2D eigenvalue weighted by Gasteiger charge is 2.57. The predicted octanol–water partition coefficient (Wildman–Crippen LogP) is 16.3. The number of nitrogens with zero attached hydrogens (tertiary/aromatic N) is 10. The van der Waals surface area contributed by atoms with Crippen LogP contribution in [0.3, 0.4) is 0 Å². The van der Waals surface area contributed by atoms with Gasteiger partial charge in [0.1, 0.15) is 34.3 Å². The summed E-state index contributed by atoms with van der Waals surface area (Å²) in [7, 11) is 0. The highest BCUT2D eigenvalue weighted by atomic mass is 16.6. The van der Waals surface area contributed by atoms with Gasteiger partial charge in [-0.3, -0.25) is 14.7 Å². The molecule has 6 saturated heterocycles. The number of benzene rings is 6. The summed E-state index contributed by atoms with van der Waals surface area (Å²) in [6.45, 7) is 32.5. The van der Waals surface area contributed by atoms with Gasteiger partial charge < -0.3 is 48.2 Å². The lowest BCUT2D eigenvalue weighted by Crippen LogP contribution is -2.43. The van der Waals surface area contributed by atoms with E-state index in [9.17, 15) is 19.2 Å². The molecule has 6 atom stereocenters. The minimum absolute atomic E-state index is 0.217. The van der Waals surface area contributed by atoms with Crippen LogP contribution in [0.5, 0.6) is 0 Å². The van der Waals surface area contributed by atoms with Crippen LogP contribution in [-0.4, -0.2) is 154 Å². The summed E-state index contributed by atoms with van der Waals surface area (Å²) in [4.78, 5) is 75.4. The lowest BCUT2D eigenvalue weighted by Gasteiger charge is -2.36. The van der Waals surface area contributed by atoms with E-state index in [-0.39, 0.29) is 58.7 Å². The molecule has 9 heterocycles. The van der Waals surface area contributed by atoms with Crippen molar-refractivity contribution in [2.75, 3.05) is 58.9 Å². The maximum atomic E-state index is 13.6. The molecule has 20 heteroatoms. The van der Waals surface area contributed by atoms with Crippen LogP contribution in [-0.2, 0) is 38.6 Å². The van der Waals surface area contributed by atoms with E-state index in [2.05, 4.69) is 190 Å². The van der Waals surface area contributed by atoms with Crippen LogP contribution in [0.15, 0.2) is 201 Å². The van der Waals surface area contributed by atoms with Crippen LogP contribution in [0, 0.1) is 16.2 Å². The minimum Gasteiger partial charge on any atom is -0.444 e. The van der Waals surface area contributed by atoms with Crippen LogP contribution >= 0.6 is 0 Å². The molecule has 0 bridgehead atoms. The standard InChI is InChI=1S/C32H40N4O4.2C27H32N4O2/c1-30(2,3)26(36-22-32(40-29(36)38)17-18-34(21-32)28(37)39-31(4,5)6)27-33-25(24-15-11-8-12-16-24)20-35(27)19-23-13-9-7-10-14-23;2*1-26(2,3)23(31-19-27(33-25(31)32)14-15-28-18-27)24-29-22(21-12-8-5-9-13-21)17-30(24)16-20-10-6-4-7-11-20/h7-16,20,26H,17-19,21-22H2,1-6H3;2*4-13,17,23,28H,14-16,18-19H2,1-3H3/t26-,32?;23-,27+;23-,27-/m000/s1. The largest absolute Gasteiger partial charge is 0.444 e. The number of carbonyl (C=O) groups is 4. The number of hydrogen-bond acceptors (Lipinski definition) is 13. The first kappa shape index (κ1) is 74.2. The molecular weight excluding hydrogens is 1330 g/mol. The first-order valence-electron chi connectivity index (χ1n) is 37.4. The Balaban J connectivity index is 0.000000142. The third kappa shape index (κ3) is 16.8. The summed E-state index contributed by atoms with van der Waals surface area (Å²) in [6.07, 6.45) is 7.34. The first-order valence-corrected chi connectivity index (χ1v) is 37.4. The number of nitrogens with one attached hydrogen (secondary N) is 2. The van der Waals surface area contributed by atoms with Gasteiger partial charge >= 0.3 is 24.4 Å². The predicted molar refractivity (Wildman–Crippen MR) is 411 cm³/mol. The molecule has 6 aromatic carbocycles. The quantitative estimate of drug-likeness (QED) is 0.0921. The summed E-state index contributed by atoms with van der Waals surface area (Å²) < 4.78 is 30.2. The molecule has 6 aliphatic heterocycles. The third-order valence-electron chi connectivity index (χ3n) is 20.7. The van der Waals surface area contributed by atoms with Crippen LogP contribution in [0.2, 0.25) is 0 Å². The van der Waals surface area contributed by atoms with Gasteiger partial charge in [0, 0.05) is 93.8 Å². The zero-order valence-corrected chi connectivity index (χ0v) is 63.6. The van der Waals surface area contributed by atoms with Crippen molar-refractivity contribution in [1.29, 1.82) is 0 Å². The zero-order valence-electron chi connectivity index (χ0n) is 63.6. The number of hydrogen-bond donors (Lipinski definition) is 2. The number of aromatic nitrogens is 6. The van der Waals surface area contributed by atoms with E-state index in [0.717, 1.165) is 82.7 Å². The molecule has 0 radical (unpaired) electrons. The number of ether oxygens (including phenoxy) is 4. The third-order valence-corrected chi connectivity index (χ3v) is 20.7. The first-order chi connectivity index (χ1) is 50.5. The molecule has 106 heavy (non-hydrogen) atoms. The second-order valence-corrected chi connectivity index (χ2v) is 33.7. The van der Waals surface area contributed by atoms with Gasteiger partial charge in [-0.2, -0.15) is 0 Å². The van der Waals surface area contributed by atoms with Crippen molar-refractivity contribution in [2.24, 2.45) is 16.2 Å². The second kappa shape index (κ2) is 30.1. The van der Waals surface area contributed by atoms with Gasteiger partial charge in [0.25, 0.3) is 0 Å². The Bertz CT molecular complexity index is 4310. The van der Waals surface area contributed by atoms with E-state index in [4.69, 9.17) is 33.9 Å². The van der Waals surface area contributed by atoms with E-state index >= 15 is 0 Å². The van der Waals surface area contributed by atoms with Crippen molar-refractivity contribution in [3.63, 3.8) is 0 Å². The molecule has 556 valence electrons. The second-order valence-electron chi connectivity index (χ2n) is 33.7. The molecule has 0 aliphatic carbocycles. The maximum Gasteiger partial charge on any atom is 0.411 e. The highest BCUT2D eigenvalue weighted by Crippen LogP contribution is 2.48. The van der Waals surface area contributed by atoms with E-state index in [0.29, 0.717) is 71.9 Å². The average molecular weight is 1430 g/mol. The monoisotopic (exact) mass is 1430 g/mol. The average Bonchev–Trinajstić information content (AvgIpc) is 1.60. The smallest absolute Gasteiger partial charge is 0.411 e. The Kier molecular flexibility index (Phi) is 21.1. The molecule has 15 rings (SSSR count). The van der Waals surface area contributed by atoms with Gasteiger partial charge in [-0.25, -0.2) is 34.1 Å². The van der Waals surface area contributed by atoms with Crippen LogP contribution < -0.4 is 10.6 Å². The van der Waals surface area contributed by atoms with E-state index < -0.39 is 22.4 Å². The zero-order chi connectivity index (χ0) is 74.8. The van der Waals surface area contributed by atoms with Crippen LogP contribution in [0.4, 0.5) is 19.2 Å². The number of carbonyl (C=O) groups excluding carboxylic acids is 4. The normalized spacial score (nSPS) is 21.0. The number of likely N-dealkylation sites (tertiary alicyclic amines) is 1. The maximum absolute atomic E-state index is 13.6. The Labute approximate surface area is 624 Å². The van der Waals surface area contributed by atoms with Gasteiger partial charge in [-0.15, -0.1) is 0 Å². The molecule has 0 saturated carbocycles. The molecular formula is C86H104N12O8. The Morgan fingerprint density at radius 3 is 0.991 bits per heavy atom. The fourth-order valence-electron chi connectivity index (χ4n) is 15.9. The fraction of sp³-hybridized carbons (Fsp3) is 0.430. The van der Waals surface area contributed by atoms with Gasteiger partial charge in [0.05, 0.1) is 61.4 Å². The topological polar surface area (TPSA) is 196 Å². The summed E-state index contributed by atoms with van der Waals surface area (Å²) in [5.41, 5.74) is 6.37. The molecule has 6 aliphatic rings. The minimum atomic E-state index is -0.767. The molecule has 3 spiro atoms. The van der Waals surface area contributed by atoms with E-state index in [1.807, 2.05) is 133 Å². The van der Waals surface area contributed by atoms with E-state index in [1.54, 1.807) is 4.90 Å². The van der Waals surface area contributed by atoms with Crippen molar-refractivity contribution >= 4 is 24.4 Å². The molecule has 9 aromatic rings. The van der Waals surface area contributed by atoms with Crippen molar-refractivity contribution in [2.45, 2.75) is 163 Å².